The Hall–Kier alpha value is -1.56. The molecule has 0 fully saturated rings. The molecule has 1 aromatic rings. The summed E-state index contributed by atoms with van der Waals surface area (Å²) in [6, 6.07) is 1.65. The Kier molecular flexibility index (Phi) is 4.78. The number of oxime groups is 1. The summed E-state index contributed by atoms with van der Waals surface area (Å²) in [6.07, 6.45) is 1.08. The number of amides is 1. The van der Waals surface area contributed by atoms with E-state index in [9.17, 15) is 4.79 Å². The Morgan fingerprint density at radius 1 is 1.75 bits per heavy atom. The topological polar surface area (TPSA) is 87.7 Å². The monoisotopic (exact) mass is 241 g/mol. The third-order valence-electron chi connectivity index (χ3n) is 2.20. The molecule has 4 N–H and O–H groups in total. The average Bonchev–Trinajstić information content (AvgIpc) is 2.81. The molecule has 1 aromatic heterocycles. The maximum Gasteiger partial charge on any atom is 0.252 e. The molecule has 1 rings (SSSR count). The molecule has 0 aliphatic carbocycles. The first-order valence-electron chi connectivity index (χ1n) is 4.96. The van der Waals surface area contributed by atoms with Crippen LogP contribution in [0.2, 0.25) is 0 Å². The second-order valence-electron chi connectivity index (χ2n) is 3.39. The first kappa shape index (κ1) is 12.5. The third-order valence-corrected chi connectivity index (χ3v) is 2.88. The third kappa shape index (κ3) is 3.54. The highest BCUT2D eigenvalue weighted by molar-refractivity contribution is 7.08. The molecule has 0 spiro atoms. The van der Waals surface area contributed by atoms with E-state index in [-0.39, 0.29) is 17.8 Å². The molecule has 6 heteroatoms. The lowest BCUT2D eigenvalue weighted by molar-refractivity contribution is 0.0937. The summed E-state index contributed by atoms with van der Waals surface area (Å²) in [7, 11) is 0. The summed E-state index contributed by atoms with van der Waals surface area (Å²) in [5, 5.41) is 17.8. The van der Waals surface area contributed by atoms with Gasteiger partial charge in [0.1, 0.15) is 5.84 Å². The van der Waals surface area contributed by atoms with Gasteiger partial charge in [0.05, 0.1) is 0 Å². The minimum Gasteiger partial charge on any atom is -0.409 e. The fourth-order valence-electron chi connectivity index (χ4n) is 1.25. The maximum atomic E-state index is 11.7. The Balaban J connectivity index is 2.54. The van der Waals surface area contributed by atoms with E-state index in [0.717, 1.165) is 6.42 Å². The zero-order valence-electron chi connectivity index (χ0n) is 9.01. The summed E-state index contributed by atoms with van der Waals surface area (Å²) < 4.78 is 0. The number of carbonyl (C=O) groups is 1. The van der Waals surface area contributed by atoms with Crippen molar-refractivity contribution >= 4 is 23.1 Å². The number of amidine groups is 1. The van der Waals surface area contributed by atoms with Gasteiger partial charge >= 0.3 is 0 Å². The smallest absolute Gasteiger partial charge is 0.252 e. The second-order valence-corrected chi connectivity index (χ2v) is 4.17. The van der Waals surface area contributed by atoms with Gasteiger partial charge in [-0.15, -0.1) is 0 Å². The predicted molar refractivity (Wildman–Crippen MR) is 63.9 cm³/mol. The van der Waals surface area contributed by atoms with Crippen molar-refractivity contribution in [1.29, 1.82) is 0 Å². The molecule has 1 heterocycles. The summed E-state index contributed by atoms with van der Waals surface area (Å²) >= 11 is 1.47. The van der Waals surface area contributed by atoms with Crippen LogP contribution in [0.1, 0.15) is 30.1 Å². The molecular weight excluding hydrogens is 226 g/mol. The van der Waals surface area contributed by atoms with Crippen molar-refractivity contribution in [2.24, 2.45) is 10.9 Å². The van der Waals surface area contributed by atoms with Crippen LogP contribution in [0, 0.1) is 0 Å². The molecule has 88 valence electrons. The van der Waals surface area contributed by atoms with Gasteiger partial charge in [0.2, 0.25) is 0 Å². The lowest BCUT2D eigenvalue weighted by Gasteiger charge is -2.15. The fraction of sp³-hybridized carbons (Fsp3) is 0.400. The van der Waals surface area contributed by atoms with Gasteiger partial charge < -0.3 is 16.3 Å². The van der Waals surface area contributed by atoms with Crippen molar-refractivity contribution in [3.05, 3.63) is 22.4 Å². The van der Waals surface area contributed by atoms with Crippen molar-refractivity contribution in [3.63, 3.8) is 0 Å². The molecule has 1 amide bonds. The standard InChI is InChI=1S/C10H15N3O2S/c1-2-8(5-9(11)13-15)12-10(14)7-3-4-16-6-7/h3-4,6,8,15H,2,5H2,1H3,(H2,11,13)(H,12,14). The van der Waals surface area contributed by atoms with Crippen molar-refractivity contribution in [2.45, 2.75) is 25.8 Å². The number of nitrogens with zero attached hydrogens (tertiary/aromatic N) is 1. The maximum absolute atomic E-state index is 11.7. The first-order chi connectivity index (χ1) is 7.67. The van der Waals surface area contributed by atoms with Crippen LogP contribution >= 0.6 is 11.3 Å². The number of hydrogen-bond donors (Lipinski definition) is 3. The van der Waals surface area contributed by atoms with Crippen molar-refractivity contribution in [1.82, 2.24) is 5.32 Å². The molecule has 0 saturated heterocycles. The first-order valence-corrected chi connectivity index (χ1v) is 5.91. The largest absolute Gasteiger partial charge is 0.409 e. The molecule has 0 radical (unpaired) electrons. The number of rotatable bonds is 5. The van der Waals surface area contributed by atoms with E-state index in [1.165, 1.54) is 11.3 Å². The van der Waals surface area contributed by atoms with E-state index in [2.05, 4.69) is 10.5 Å². The van der Waals surface area contributed by atoms with Crippen LogP contribution in [0.3, 0.4) is 0 Å². The Morgan fingerprint density at radius 3 is 3.00 bits per heavy atom. The van der Waals surface area contributed by atoms with Gasteiger partial charge in [-0.1, -0.05) is 12.1 Å². The van der Waals surface area contributed by atoms with Gasteiger partial charge in [-0.25, -0.2) is 0 Å². The average molecular weight is 241 g/mol. The lowest BCUT2D eigenvalue weighted by atomic mass is 10.1. The van der Waals surface area contributed by atoms with Gasteiger partial charge in [-0.2, -0.15) is 11.3 Å². The summed E-state index contributed by atoms with van der Waals surface area (Å²) in [5.41, 5.74) is 6.04. The van der Waals surface area contributed by atoms with Gasteiger partial charge in [-0.05, 0) is 17.9 Å². The van der Waals surface area contributed by atoms with Gasteiger partial charge in [0.25, 0.3) is 5.91 Å². The van der Waals surface area contributed by atoms with E-state index >= 15 is 0 Å². The fourth-order valence-corrected chi connectivity index (χ4v) is 1.89. The predicted octanol–water partition coefficient (Wildman–Crippen LogP) is 1.39. The Morgan fingerprint density at radius 2 is 2.50 bits per heavy atom. The van der Waals surface area contributed by atoms with Crippen LogP contribution in [0.5, 0.6) is 0 Å². The van der Waals surface area contributed by atoms with Crippen LogP contribution in [0.25, 0.3) is 0 Å². The molecule has 0 saturated carbocycles. The van der Waals surface area contributed by atoms with Crippen LogP contribution in [0.15, 0.2) is 22.0 Å². The van der Waals surface area contributed by atoms with Crippen LogP contribution in [-0.4, -0.2) is 23.0 Å². The van der Waals surface area contributed by atoms with Crippen molar-refractivity contribution < 1.29 is 10.0 Å². The molecule has 5 nitrogen and oxygen atoms in total. The van der Waals surface area contributed by atoms with E-state index in [1.807, 2.05) is 12.3 Å². The number of nitrogens with two attached hydrogens (primary N) is 1. The number of hydrogen-bond acceptors (Lipinski definition) is 4. The number of nitrogens with one attached hydrogen (secondary N) is 1. The molecule has 1 unspecified atom stereocenters. The normalized spacial score (nSPS) is 13.4. The zero-order chi connectivity index (χ0) is 12.0. The zero-order valence-corrected chi connectivity index (χ0v) is 9.83. The number of thiophene rings is 1. The van der Waals surface area contributed by atoms with E-state index in [4.69, 9.17) is 10.9 Å². The highest BCUT2D eigenvalue weighted by atomic mass is 32.1. The highest BCUT2D eigenvalue weighted by Gasteiger charge is 2.13. The Bertz CT molecular complexity index is 362. The van der Waals surface area contributed by atoms with Crippen LogP contribution in [-0.2, 0) is 0 Å². The SMILES string of the molecule is CCC(CC(N)=NO)NC(=O)c1ccsc1. The van der Waals surface area contributed by atoms with Crippen molar-refractivity contribution in [2.75, 3.05) is 0 Å². The quantitative estimate of drug-likeness (QED) is 0.315. The molecule has 0 aliphatic heterocycles. The molecular formula is C10H15N3O2S. The number of carbonyl (C=O) groups excluding carboxylic acids is 1. The summed E-state index contributed by atoms with van der Waals surface area (Å²) in [4.78, 5) is 11.7. The van der Waals surface area contributed by atoms with E-state index < -0.39 is 0 Å². The minimum absolute atomic E-state index is 0.108. The van der Waals surface area contributed by atoms with E-state index in [0.29, 0.717) is 12.0 Å². The molecule has 0 aliphatic rings. The molecule has 0 bridgehead atoms. The van der Waals surface area contributed by atoms with Crippen LogP contribution in [0.4, 0.5) is 0 Å². The van der Waals surface area contributed by atoms with Gasteiger partial charge in [-0.3, -0.25) is 4.79 Å². The molecule has 1 atom stereocenters. The van der Waals surface area contributed by atoms with Crippen molar-refractivity contribution in [3.8, 4) is 0 Å². The highest BCUT2D eigenvalue weighted by Crippen LogP contribution is 2.07. The second kappa shape index (κ2) is 6.12. The minimum atomic E-state index is -0.126. The van der Waals surface area contributed by atoms with Gasteiger partial charge in [0.15, 0.2) is 0 Å². The summed E-state index contributed by atoms with van der Waals surface area (Å²) in [6.45, 7) is 1.93. The lowest BCUT2D eigenvalue weighted by Crippen LogP contribution is -2.37. The molecule has 0 aromatic carbocycles. The molecule has 16 heavy (non-hydrogen) atoms. The summed E-state index contributed by atoms with van der Waals surface area (Å²) in [5.74, 6) is -0.00342. The van der Waals surface area contributed by atoms with Crippen LogP contribution < -0.4 is 11.1 Å². The van der Waals surface area contributed by atoms with E-state index in [1.54, 1.807) is 11.4 Å². The Labute approximate surface area is 98.0 Å². The van der Waals surface area contributed by atoms with Gasteiger partial charge in [0, 0.05) is 23.4 Å².